The topological polar surface area (TPSA) is 12.9 Å². The number of aromatic nitrogens is 1. The van der Waals surface area contributed by atoms with Crippen LogP contribution in [0.2, 0.25) is 5.02 Å². The zero-order chi connectivity index (χ0) is 11.1. The zero-order valence-electron chi connectivity index (χ0n) is 8.41. The predicted octanol–water partition coefficient (Wildman–Crippen LogP) is 4.48. The van der Waals surface area contributed by atoms with Crippen molar-refractivity contribution in [2.45, 2.75) is 18.8 Å². The van der Waals surface area contributed by atoms with E-state index < -0.39 is 0 Å². The SMILES string of the molecule is Fc1ccc(-c2nc(C3CC3)cs2)cc1Cl. The Balaban J connectivity index is 1.97. The Morgan fingerprint density at radius 3 is 2.88 bits per heavy atom. The molecule has 0 amide bonds. The molecule has 0 atom stereocenters. The highest BCUT2D eigenvalue weighted by Crippen LogP contribution is 2.41. The van der Waals surface area contributed by atoms with Crippen molar-refractivity contribution in [1.29, 1.82) is 0 Å². The maximum atomic E-state index is 13.0. The van der Waals surface area contributed by atoms with E-state index in [1.165, 1.54) is 24.6 Å². The van der Waals surface area contributed by atoms with Gasteiger partial charge in [-0.05, 0) is 31.0 Å². The number of halogens is 2. The number of rotatable bonds is 2. The van der Waals surface area contributed by atoms with E-state index in [1.54, 1.807) is 23.5 Å². The largest absolute Gasteiger partial charge is 0.241 e. The molecule has 0 spiro atoms. The van der Waals surface area contributed by atoms with Gasteiger partial charge in [0.1, 0.15) is 10.8 Å². The Morgan fingerprint density at radius 1 is 1.38 bits per heavy atom. The van der Waals surface area contributed by atoms with E-state index in [9.17, 15) is 4.39 Å². The molecular weight excluding hydrogens is 245 g/mol. The quantitative estimate of drug-likeness (QED) is 0.769. The molecule has 1 aromatic heterocycles. The maximum Gasteiger partial charge on any atom is 0.141 e. The number of nitrogens with zero attached hydrogens (tertiary/aromatic N) is 1. The molecule has 0 unspecified atom stereocenters. The van der Waals surface area contributed by atoms with Gasteiger partial charge in [-0.2, -0.15) is 0 Å². The molecule has 3 rings (SSSR count). The molecule has 82 valence electrons. The summed E-state index contributed by atoms with van der Waals surface area (Å²) in [5, 5.41) is 3.16. The van der Waals surface area contributed by atoms with Crippen LogP contribution in [0.3, 0.4) is 0 Å². The second-order valence-corrected chi connectivity index (χ2v) is 5.25. The minimum atomic E-state index is -0.385. The lowest BCUT2D eigenvalue weighted by Crippen LogP contribution is -1.82. The van der Waals surface area contributed by atoms with Gasteiger partial charge >= 0.3 is 0 Å². The summed E-state index contributed by atoms with van der Waals surface area (Å²) in [6.45, 7) is 0. The minimum absolute atomic E-state index is 0.153. The van der Waals surface area contributed by atoms with Gasteiger partial charge in [0, 0.05) is 16.9 Å². The van der Waals surface area contributed by atoms with Gasteiger partial charge in [-0.3, -0.25) is 0 Å². The summed E-state index contributed by atoms with van der Waals surface area (Å²) in [5.74, 6) is 0.269. The first-order valence-electron chi connectivity index (χ1n) is 5.15. The van der Waals surface area contributed by atoms with Crippen molar-refractivity contribution >= 4 is 22.9 Å². The lowest BCUT2D eigenvalue weighted by Gasteiger charge is -1.98. The van der Waals surface area contributed by atoms with Crippen LogP contribution in [0.4, 0.5) is 4.39 Å². The standard InChI is InChI=1S/C12H9ClFNS/c13-9-5-8(3-4-10(9)14)12-15-11(6-16-12)7-1-2-7/h3-7H,1-2H2. The van der Waals surface area contributed by atoms with Crippen LogP contribution in [-0.2, 0) is 0 Å². The third-order valence-electron chi connectivity index (χ3n) is 2.68. The van der Waals surface area contributed by atoms with Crippen LogP contribution < -0.4 is 0 Å². The van der Waals surface area contributed by atoms with E-state index in [1.807, 2.05) is 0 Å². The molecule has 1 nitrogen and oxygen atoms in total. The molecule has 1 aromatic carbocycles. The molecule has 0 radical (unpaired) electrons. The fourth-order valence-corrected chi connectivity index (χ4v) is 2.69. The monoisotopic (exact) mass is 253 g/mol. The van der Waals surface area contributed by atoms with E-state index in [0.29, 0.717) is 5.92 Å². The first-order chi connectivity index (χ1) is 7.74. The van der Waals surface area contributed by atoms with E-state index in [-0.39, 0.29) is 10.8 Å². The third-order valence-corrected chi connectivity index (χ3v) is 3.88. The molecule has 1 heterocycles. The molecule has 4 heteroatoms. The van der Waals surface area contributed by atoms with Crippen LogP contribution in [0.15, 0.2) is 23.6 Å². The Hall–Kier alpha value is -0.930. The molecule has 0 saturated heterocycles. The van der Waals surface area contributed by atoms with Crippen LogP contribution in [0, 0.1) is 5.82 Å². The molecule has 1 aliphatic rings. The maximum absolute atomic E-state index is 13.0. The number of benzene rings is 1. The second kappa shape index (κ2) is 3.82. The summed E-state index contributed by atoms with van der Waals surface area (Å²) < 4.78 is 13.0. The summed E-state index contributed by atoms with van der Waals surface area (Å²) in [4.78, 5) is 4.55. The van der Waals surface area contributed by atoms with Crippen LogP contribution in [0.1, 0.15) is 24.5 Å². The molecule has 1 saturated carbocycles. The Kier molecular flexibility index (Phi) is 2.45. The van der Waals surface area contributed by atoms with Crippen LogP contribution in [0.25, 0.3) is 10.6 Å². The smallest absolute Gasteiger partial charge is 0.141 e. The normalized spacial score (nSPS) is 15.4. The van der Waals surface area contributed by atoms with E-state index >= 15 is 0 Å². The lowest BCUT2D eigenvalue weighted by atomic mass is 10.2. The van der Waals surface area contributed by atoms with Crippen molar-refractivity contribution in [2.75, 3.05) is 0 Å². The lowest BCUT2D eigenvalue weighted by molar-refractivity contribution is 0.628. The summed E-state index contributed by atoms with van der Waals surface area (Å²) in [6, 6.07) is 4.74. The van der Waals surface area contributed by atoms with Crippen molar-refractivity contribution in [3.8, 4) is 10.6 Å². The Morgan fingerprint density at radius 2 is 2.19 bits per heavy atom. The summed E-state index contributed by atoms with van der Waals surface area (Å²) in [5.41, 5.74) is 2.06. The predicted molar refractivity (Wildman–Crippen MR) is 64.5 cm³/mol. The van der Waals surface area contributed by atoms with Gasteiger partial charge < -0.3 is 0 Å². The minimum Gasteiger partial charge on any atom is -0.241 e. The average molecular weight is 254 g/mol. The highest BCUT2D eigenvalue weighted by Gasteiger charge is 2.26. The fraction of sp³-hybridized carbons (Fsp3) is 0.250. The Bertz CT molecular complexity index is 534. The van der Waals surface area contributed by atoms with E-state index in [2.05, 4.69) is 10.4 Å². The van der Waals surface area contributed by atoms with Gasteiger partial charge in [-0.25, -0.2) is 9.37 Å². The van der Waals surface area contributed by atoms with Gasteiger partial charge in [0.25, 0.3) is 0 Å². The molecule has 0 aliphatic heterocycles. The van der Waals surface area contributed by atoms with Gasteiger partial charge in [0.05, 0.1) is 10.7 Å². The van der Waals surface area contributed by atoms with Crippen molar-refractivity contribution < 1.29 is 4.39 Å². The van der Waals surface area contributed by atoms with Gasteiger partial charge in [-0.15, -0.1) is 11.3 Å². The molecule has 0 bridgehead atoms. The second-order valence-electron chi connectivity index (χ2n) is 3.98. The average Bonchev–Trinajstić information content (AvgIpc) is 3.01. The number of thiazole rings is 1. The Labute approximate surface area is 102 Å². The molecule has 0 N–H and O–H groups in total. The van der Waals surface area contributed by atoms with Crippen molar-refractivity contribution in [2.24, 2.45) is 0 Å². The first-order valence-corrected chi connectivity index (χ1v) is 6.40. The molecule has 2 aromatic rings. The fourth-order valence-electron chi connectivity index (χ4n) is 1.61. The van der Waals surface area contributed by atoms with Crippen LogP contribution >= 0.6 is 22.9 Å². The third kappa shape index (κ3) is 1.85. The van der Waals surface area contributed by atoms with Crippen LogP contribution in [-0.4, -0.2) is 4.98 Å². The zero-order valence-corrected chi connectivity index (χ0v) is 9.98. The van der Waals surface area contributed by atoms with E-state index in [0.717, 1.165) is 10.6 Å². The van der Waals surface area contributed by atoms with Gasteiger partial charge in [-0.1, -0.05) is 11.6 Å². The molecule has 16 heavy (non-hydrogen) atoms. The molecular formula is C12H9ClFNS. The van der Waals surface area contributed by atoms with E-state index in [4.69, 9.17) is 11.6 Å². The molecule has 1 fully saturated rings. The molecule has 1 aliphatic carbocycles. The van der Waals surface area contributed by atoms with Crippen molar-refractivity contribution in [1.82, 2.24) is 4.98 Å². The van der Waals surface area contributed by atoms with Crippen LogP contribution in [0.5, 0.6) is 0 Å². The van der Waals surface area contributed by atoms with Gasteiger partial charge in [0.2, 0.25) is 0 Å². The number of hydrogen-bond donors (Lipinski definition) is 0. The summed E-state index contributed by atoms with van der Waals surface area (Å²) in [6.07, 6.45) is 2.49. The number of hydrogen-bond acceptors (Lipinski definition) is 2. The summed E-state index contributed by atoms with van der Waals surface area (Å²) in [7, 11) is 0. The highest BCUT2D eigenvalue weighted by molar-refractivity contribution is 7.13. The van der Waals surface area contributed by atoms with Crippen molar-refractivity contribution in [3.63, 3.8) is 0 Å². The summed E-state index contributed by atoms with van der Waals surface area (Å²) >= 11 is 7.34. The first kappa shape index (κ1) is 10.2. The highest BCUT2D eigenvalue weighted by atomic mass is 35.5. The van der Waals surface area contributed by atoms with Gasteiger partial charge in [0.15, 0.2) is 0 Å². The van der Waals surface area contributed by atoms with Crippen molar-refractivity contribution in [3.05, 3.63) is 40.1 Å².